The van der Waals surface area contributed by atoms with Crippen molar-refractivity contribution in [1.82, 2.24) is 4.57 Å². The molecule has 1 heteroatoms. The minimum atomic E-state index is 0.899. The Morgan fingerprint density at radius 1 is 1.00 bits per heavy atom. The van der Waals surface area contributed by atoms with Gasteiger partial charge in [-0.15, -0.1) is 0 Å². The van der Waals surface area contributed by atoms with E-state index < -0.39 is 0 Å². The molecule has 0 aliphatic heterocycles. The van der Waals surface area contributed by atoms with Crippen LogP contribution in [0, 0.1) is 20.8 Å². The van der Waals surface area contributed by atoms with Crippen molar-refractivity contribution in [1.29, 1.82) is 0 Å². The summed E-state index contributed by atoms with van der Waals surface area (Å²) < 4.78 is 2.40. The Labute approximate surface area is 139 Å². The lowest BCUT2D eigenvalue weighted by atomic mass is 9.99. The van der Waals surface area contributed by atoms with Crippen LogP contribution in [0.15, 0.2) is 43.0 Å². The first-order chi connectivity index (χ1) is 11.0. The summed E-state index contributed by atoms with van der Waals surface area (Å²) in [4.78, 5) is 0. The van der Waals surface area contributed by atoms with Crippen molar-refractivity contribution in [2.24, 2.45) is 0 Å². The molecule has 23 heavy (non-hydrogen) atoms. The second-order valence-electron chi connectivity index (χ2n) is 6.48. The molecule has 0 N–H and O–H groups in total. The molecular formula is C22H25N. The van der Waals surface area contributed by atoms with Gasteiger partial charge in [-0.1, -0.05) is 43.3 Å². The maximum atomic E-state index is 4.01. The Hall–Kier alpha value is -2.28. The van der Waals surface area contributed by atoms with Crippen LogP contribution in [0.1, 0.15) is 40.4 Å². The minimum absolute atomic E-state index is 0.899. The number of nitrogens with zero attached hydrogens (tertiary/aromatic N) is 1. The van der Waals surface area contributed by atoms with Crippen LogP contribution in [0.3, 0.4) is 0 Å². The van der Waals surface area contributed by atoms with E-state index in [-0.39, 0.29) is 0 Å². The zero-order chi connectivity index (χ0) is 16.6. The monoisotopic (exact) mass is 303 g/mol. The molecule has 0 saturated heterocycles. The van der Waals surface area contributed by atoms with Gasteiger partial charge >= 0.3 is 0 Å². The molecule has 0 fully saturated rings. The number of hydrogen-bond acceptors (Lipinski definition) is 0. The third-order valence-corrected chi connectivity index (χ3v) is 4.77. The fourth-order valence-corrected chi connectivity index (χ4v) is 3.50. The predicted molar refractivity (Wildman–Crippen MR) is 101 cm³/mol. The molecule has 0 spiro atoms. The van der Waals surface area contributed by atoms with E-state index in [4.69, 9.17) is 0 Å². The van der Waals surface area contributed by atoms with Crippen LogP contribution in [0.5, 0.6) is 0 Å². The molecule has 0 atom stereocenters. The van der Waals surface area contributed by atoms with E-state index >= 15 is 0 Å². The number of aryl methyl sites for hydroxylation is 4. The molecule has 2 aromatic carbocycles. The van der Waals surface area contributed by atoms with E-state index in [0.29, 0.717) is 0 Å². The normalized spacial score (nSPS) is 11.1. The standard InChI is InChI=1S/C22H25N/c1-6-18-8-9-19-13-20(7-2)23(22(19)12-18)14-21-16(4)10-15(3)11-17(21)5/h7-13H,2,6,14H2,1,3-5H3. The first kappa shape index (κ1) is 15.6. The Morgan fingerprint density at radius 2 is 1.70 bits per heavy atom. The van der Waals surface area contributed by atoms with Crippen molar-refractivity contribution in [3.63, 3.8) is 0 Å². The van der Waals surface area contributed by atoms with Gasteiger partial charge in [0.05, 0.1) is 0 Å². The highest BCUT2D eigenvalue weighted by molar-refractivity contribution is 5.84. The van der Waals surface area contributed by atoms with E-state index in [0.717, 1.165) is 13.0 Å². The van der Waals surface area contributed by atoms with E-state index in [1.807, 2.05) is 6.08 Å². The minimum Gasteiger partial charge on any atom is -0.336 e. The molecule has 1 aromatic heterocycles. The molecule has 0 aliphatic rings. The van der Waals surface area contributed by atoms with Crippen molar-refractivity contribution >= 4 is 17.0 Å². The summed E-state index contributed by atoms with van der Waals surface area (Å²) in [6.07, 6.45) is 3.03. The van der Waals surface area contributed by atoms with Crippen molar-refractivity contribution in [3.05, 3.63) is 76.5 Å². The third-order valence-electron chi connectivity index (χ3n) is 4.77. The van der Waals surface area contributed by atoms with Crippen molar-refractivity contribution in [2.75, 3.05) is 0 Å². The van der Waals surface area contributed by atoms with Crippen molar-refractivity contribution in [2.45, 2.75) is 40.7 Å². The van der Waals surface area contributed by atoms with Crippen molar-refractivity contribution in [3.8, 4) is 0 Å². The Morgan fingerprint density at radius 3 is 2.30 bits per heavy atom. The van der Waals surface area contributed by atoms with Gasteiger partial charge in [0.15, 0.2) is 0 Å². The van der Waals surface area contributed by atoms with Crippen molar-refractivity contribution < 1.29 is 0 Å². The first-order valence-corrected chi connectivity index (χ1v) is 8.34. The quantitative estimate of drug-likeness (QED) is 0.572. The SMILES string of the molecule is C=Cc1cc2ccc(CC)cc2n1Cc1c(C)cc(C)cc1C. The van der Waals surface area contributed by atoms with Gasteiger partial charge < -0.3 is 4.57 Å². The van der Waals surface area contributed by atoms with Gasteiger partial charge in [0.25, 0.3) is 0 Å². The molecule has 1 nitrogen and oxygen atoms in total. The van der Waals surface area contributed by atoms with E-state index in [9.17, 15) is 0 Å². The predicted octanol–water partition coefficient (Wildman–Crippen LogP) is 5.82. The first-order valence-electron chi connectivity index (χ1n) is 8.34. The lowest BCUT2D eigenvalue weighted by Gasteiger charge is -2.15. The topological polar surface area (TPSA) is 4.93 Å². The highest BCUT2D eigenvalue weighted by Gasteiger charge is 2.11. The fourth-order valence-electron chi connectivity index (χ4n) is 3.50. The molecule has 0 unspecified atom stereocenters. The molecule has 118 valence electrons. The zero-order valence-electron chi connectivity index (χ0n) is 14.6. The largest absolute Gasteiger partial charge is 0.336 e. The van der Waals surface area contributed by atoms with E-state index in [2.05, 4.69) is 75.2 Å². The molecule has 0 aliphatic carbocycles. The number of rotatable bonds is 4. The van der Waals surface area contributed by atoms with E-state index in [1.54, 1.807) is 0 Å². The summed E-state index contributed by atoms with van der Waals surface area (Å²) in [6, 6.07) is 13.6. The highest BCUT2D eigenvalue weighted by Crippen LogP contribution is 2.26. The lowest BCUT2D eigenvalue weighted by molar-refractivity contribution is 0.814. The molecule has 0 radical (unpaired) electrons. The Bertz CT molecular complexity index is 857. The molecular weight excluding hydrogens is 278 g/mol. The number of fused-ring (bicyclic) bond motifs is 1. The lowest BCUT2D eigenvalue weighted by Crippen LogP contribution is -2.05. The van der Waals surface area contributed by atoms with Gasteiger partial charge in [0.2, 0.25) is 0 Å². The fraction of sp³-hybridized carbons (Fsp3) is 0.273. The smallest absolute Gasteiger partial charge is 0.0491 e. The number of benzene rings is 2. The summed E-state index contributed by atoms with van der Waals surface area (Å²) in [5, 5.41) is 1.29. The van der Waals surface area contributed by atoms with Crippen LogP contribution in [0.2, 0.25) is 0 Å². The summed E-state index contributed by atoms with van der Waals surface area (Å²) in [6.45, 7) is 13.7. The number of aromatic nitrogens is 1. The Kier molecular flexibility index (Phi) is 4.12. The average molecular weight is 303 g/mol. The van der Waals surface area contributed by atoms with Gasteiger partial charge in [0.1, 0.15) is 0 Å². The van der Waals surface area contributed by atoms with Gasteiger partial charge in [-0.3, -0.25) is 0 Å². The average Bonchev–Trinajstić information content (AvgIpc) is 2.87. The van der Waals surface area contributed by atoms with Crippen LogP contribution in [-0.2, 0) is 13.0 Å². The van der Waals surface area contributed by atoms with Gasteiger partial charge in [0, 0.05) is 23.1 Å². The van der Waals surface area contributed by atoms with Crippen LogP contribution >= 0.6 is 0 Å². The van der Waals surface area contributed by atoms with Crippen LogP contribution in [0.4, 0.5) is 0 Å². The molecule has 0 bridgehead atoms. The van der Waals surface area contributed by atoms with Gasteiger partial charge in [-0.2, -0.15) is 0 Å². The molecule has 1 heterocycles. The van der Waals surface area contributed by atoms with Crippen LogP contribution in [0.25, 0.3) is 17.0 Å². The molecule has 0 saturated carbocycles. The second kappa shape index (κ2) is 6.08. The highest BCUT2D eigenvalue weighted by atomic mass is 15.0. The van der Waals surface area contributed by atoms with Crippen LogP contribution < -0.4 is 0 Å². The summed E-state index contributed by atoms with van der Waals surface area (Å²) in [5.74, 6) is 0. The summed E-state index contributed by atoms with van der Waals surface area (Å²) in [5.41, 5.74) is 9.35. The Balaban J connectivity index is 2.17. The number of hydrogen-bond donors (Lipinski definition) is 0. The molecule has 3 aromatic rings. The summed E-state index contributed by atoms with van der Waals surface area (Å²) >= 11 is 0. The molecule has 3 rings (SSSR count). The zero-order valence-corrected chi connectivity index (χ0v) is 14.6. The maximum absolute atomic E-state index is 4.01. The van der Waals surface area contributed by atoms with Gasteiger partial charge in [-0.25, -0.2) is 0 Å². The van der Waals surface area contributed by atoms with Gasteiger partial charge in [-0.05, 0) is 67.7 Å². The maximum Gasteiger partial charge on any atom is 0.0491 e. The third kappa shape index (κ3) is 2.84. The van der Waals surface area contributed by atoms with Crippen LogP contribution in [-0.4, -0.2) is 4.57 Å². The second-order valence-corrected chi connectivity index (χ2v) is 6.48. The molecule has 0 amide bonds. The van der Waals surface area contributed by atoms with E-state index in [1.165, 1.54) is 44.4 Å². The summed E-state index contributed by atoms with van der Waals surface area (Å²) in [7, 11) is 0.